The third kappa shape index (κ3) is 2.26. The topological polar surface area (TPSA) is 15.3 Å². The number of hydrogen-bond acceptors (Lipinski definition) is 2. The minimum atomic E-state index is 0.174. The van der Waals surface area contributed by atoms with Crippen LogP contribution in [0.5, 0.6) is 0 Å². The molecule has 1 heterocycles. The molecule has 0 amide bonds. The van der Waals surface area contributed by atoms with E-state index in [1.807, 2.05) is 0 Å². The lowest BCUT2D eigenvalue weighted by Gasteiger charge is -2.50. The van der Waals surface area contributed by atoms with Crippen LogP contribution >= 0.6 is 0 Å². The molecule has 1 aliphatic heterocycles. The van der Waals surface area contributed by atoms with Gasteiger partial charge in [-0.3, -0.25) is 0 Å². The Morgan fingerprint density at radius 1 is 1.28 bits per heavy atom. The van der Waals surface area contributed by atoms with Crippen LogP contribution in [0.2, 0.25) is 0 Å². The SMILES string of the molecule is CNC1CCCN(c2ccc(C)cc2C)C1(C)C. The van der Waals surface area contributed by atoms with Crippen LogP contribution < -0.4 is 10.2 Å². The van der Waals surface area contributed by atoms with Gasteiger partial charge in [0.15, 0.2) is 0 Å². The van der Waals surface area contributed by atoms with E-state index in [9.17, 15) is 0 Å². The minimum Gasteiger partial charge on any atom is -0.365 e. The van der Waals surface area contributed by atoms with Crippen molar-refractivity contribution in [3.63, 3.8) is 0 Å². The Hall–Kier alpha value is -1.02. The zero-order valence-corrected chi connectivity index (χ0v) is 12.4. The molecular weight excluding hydrogens is 220 g/mol. The molecule has 2 nitrogen and oxygen atoms in total. The highest BCUT2D eigenvalue weighted by Gasteiger charge is 2.38. The molecular formula is C16H26N2. The van der Waals surface area contributed by atoms with Gasteiger partial charge in [0.1, 0.15) is 0 Å². The van der Waals surface area contributed by atoms with Crippen molar-refractivity contribution in [3.8, 4) is 0 Å². The smallest absolute Gasteiger partial charge is 0.0498 e. The van der Waals surface area contributed by atoms with E-state index in [4.69, 9.17) is 0 Å². The molecule has 0 radical (unpaired) electrons. The molecule has 1 saturated heterocycles. The summed E-state index contributed by atoms with van der Waals surface area (Å²) in [5.41, 5.74) is 4.30. The lowest BCUT2D eigenvalue weighted by molar-refractivity contribution is 0.275. The predicted molar refractivity (Wildman–Crippen MR) is 79.4 cm³/mol. The van der Waals surface area contributed by atoms with Crippen LogP contribution in [-0.2, 0) is 0 Å². The van der Waals surface area contributed by atoms with Crippen molar-refractivity contribution in [2.24, 2.45) is 0 Å². The number of nitrogens with zero attached hydrogens (tertiary/aromatic N) is 1. The summed E-state index contributed by atoms with van der Waals surface area (Å²) in [6.07, 6.45) is 2.53. The molecule has 2 heteroatoms. The summed E-state index contributed by atoms with van der Waals surface area (Å²) in [6.45, 7) is 10.3. The molecule has 1 aromatic rings. The van der Waals surface area contributed by atoms with Gasteiger partial charge in [-0.05, 0) is 59.2 Å². The third-order valence-electron chi connectivity index (χ3n) is 4.41. The standard InChI is InChI=1S/C16H26N2/c1-12-8-9-14(13(2)11-12)18-10-6-7-15(17-5)16(18,3)4/h8-9,11,15,17H,6-7,10H2,1-5H3. The van der Waals surface area contributed by atoms with E-state index in [1.165, 1.54) is 29.7 Å². The molecule has 1 N–H and O–H groups in total. The van der Waals surface area contributed by atoms with E-state index in [1.54, 1.807) is 0 Å². The molecule has 2 rings (SSSR count). The molecule has 0 aliphatic carbocycles. The highest BCUT2D eigenvalue weighted by atomic mass is 15.2. The first-order chi connectivity index (χ1) is 8.46. The molecule has 0 saturated carbocycles. The van der Waals surface area contributed by atoms with Crippen molar-refractivity contribution < 1.29 is 0 Å². The number of piperidine rings is 1. The second-order valence-electron chi connectivity index (χ2n) is 6.08. The number of rotatable bonds is 2. The summed E-state index contributed by atoms with van der Waals surface area (Å²) >= 11 is 0. The van der Waals surface area contributed by atoms with Crippen molar-refractivity contribution in [1.29, 1.82) is 0 Å². The Balaban J connectivity index is 2.36. The monoisotopic (exact) mass is 246 g/mol. The lowest BCUT2D eigenvalue weighted by atomic mass is 9.84. The Morgan fingerprint density at radius 2 is 2.00 bits per heavy atom. The predicted octanol–water partition coefficient (Wildman–Crippen LogP) is 3.27. The van der Waals surface area contributed by atoms with Gasteiger partial charge in [-0.1, -0.05) is 17.7 Å². The zero-order chi connectivity index (χ0) is 13.3. The number of benzene rings is 1. The van der Waals surface area contributed by atoms with Crippen LogP contribution in [0.3, 0.4) is 0 Å². The van der Waals surface area contributed by atoms with Crippen LogP contribution in [0.4, 0.5) is 5.69 Å². The molecule has 1 fully saturated rings. The summed E-state index contributed by atoms with van der Waals surface area (Å²) in [5.74, 6) is 0. The van der Waals surface area contributed by atoms with Crippen molar-refractivity contribution >= 4 is 5.69 Å². The summed E-state index contributed by atoms with van der Waals surface area (Å²) in [5, 5.41) is 3.48. The van der Waals surface area contributed by atoms with E-state index in [2.05, 4.69) is 63.2 Å². The second-order valence-corrected chi connectivity index (χ2v) is 6.08. The molecule has 1 atom stereocenters. The van der Waals surface area contributed by atoms with E-state index in [-0.39, 0.29) is 5.54 Å². The van der Waals surface area contributed by atoms with Gasteiger partial charge in [-0.25, -0.2) is 0 Å². The Bertz CT molecular complexity index is 423. The zero-order valence-electron chi connectivity index (χ0n) is 12.4. The number of likely N-dealkylation sites (N-methyl/N-ethyl adjacent to an activating group) is 1. The van der Waals surface area contributed by atoms with Crippen molar-refractivity contribution in [1.82, 2.24) is 5.32 Å². The Morgan fingerprint density at radius 3 is 2.61 bits per heavy atom. The van der Waals surface area contributed by atoms with E-state index >= 15 is 0 Å². The highest BCUT2D eigenvalue weighted by Crippen LogP contribution is 2.34. The molecule has 1 unspecified atom stereocenters. The maximum absolute atomic E-state index is 3.48. The molecule has 18 heavy (non-hydrogen) atoms. The summed E-state index contributed by atoms with van der Waals surface area (Å²) in [7, 11) is 2.08. The number of aryl methyl sites for hydroxylation is 2. The third-order valence-corrected chi connectivity index (χ3v) is 4.41. The molecule has 100 valence electrons. The van der Waals surface area contributed by atoms with Gasteiger partial charge in [0.05, 0.1) is 0 Å². The van der Waals surface area contributed by atoms with Gasteiger partial charge < -0.3 is 10.2 Å². The maximum Gasteiger partial charge on any atom is 0.0498 e. The summed E-state index contributed by atoms with van der Waals surface area (Å²) in [4.78, 5) is 2.58. The van der Waals surface area contributed by atoms with E-state index in [0.29, 0.717) is 6.04 Å². The van der Waals surface area contributed by atoms with Gasteiger partial charge in [0.2, 0.25) is 0 Å². The summed E-state index contributed by atoms with van der Waals surface area (Å²) in [6, 6.07) is 7.35. The number of hydrogen-bond donors (Lipinski definition) is 1. The lowest BCUT2D eigenvalue weighted by Crippen LogP contribution is -2.60. The largest absolute Gasteiger partial charge is 0.365 e. The molecule has 1 aromatic carbocycles. The number of nitrogens with one attached hydrogen (secondary N) is 1. The fourth-order valence-electron chi connectivity index (χ4n) is 3.32. The van der Waals surface area contributed by atoms with Gasteiger partial charge in [-0.15, -0.1) is 0 Å². The summed E-state index contributed by atoms with van der Waals surface area (Å²) < 4.78 is 0. The first-order valence-corrected chi connectivity index (χ1v) is 6.99. The van der Waals surface area contributed by atoms with Crippen LogP contribution in [-0.4, -0.2) is 25.2 Å². The molecule has 1 aliphatic rings. The molecule has 0 spiro atoms. The number of anilines is 1. The fourth-order valence-corrected chi connectivity index (χ4v) is 3.32. The minimum absolute atomic E-state index is 0.174. The Labute approximate surface area is 111 Å². The van der Waals surface area contributed by atoms with Crippen LogP contribution in [0.1, 0.15) is 37.8 Å². The van der Waals surface area contributed by atoms with Crippen LogP contribution in [0.15, 0.2) is 18.2 Å². The highest BCUT2D eigenvalue weighted by molar-refractivity contribution is 5.57. The van der Waals surface area contributed by atoms with Crippen molar-refractivity contribution in [2.45, 2.75) is 52.1 Å². The Kier molecular flexibility index (Phi) is 3.67. The maximum atomic E-state index is 3.48. The average molecular weight is 246 g/mol. The quantitative estimate of drug-likeness (QED) is 0.861. The first-order valence-electron chi connectivity index (χ1n) is 6.99. The average Bonchev–Trinajstić information content (AvgIpc) is 2.29. The first kappa shape index (κ1) is 13.4. The van der Waals surface area contributed by atoms with E-state index in [0.717, 1.165) is 6.54 Å². The van der Waals surface area contributed by atoms with Gasteiger partial charge in [0.25, 0.3) is 0 Å². The van der Waals surface area contributed by atoms with Gasteiger partial charge >= 0.3 is 0 Å². The molecule has 0 aromatic heterocycles. The van der Waals surface area contributed by atoms with Crippen LogP contribution in [0.25, 0.3) is 0 Å². The van der Waals surface area contributed by atoms with Gasteiger partial charge in [-0.2, -0.15) is 0 Å². The normalized spacial score (nSPS) is 23.2. The van der Waals surface area contributed by atoms with Gasteiger partial charge in [0, 0.05) is 23.8 Å². The second kappa shape index (κ2) is 4.93. The van der Waals surface area contributed by atoms with E-state index < -0.39 is 0 Å². The molecule has 0 bridgehead atoms. The van der Waals surface area contributed by atoms with Crippen LogP contribution in [0, 0.1) is 13.8 Å². The van der Waals surface area contributed by atoms with Crippen molar-refractivity contribution in [2.75, 3.05) is 18.5 Å². The van der Waals surface area contributed by atoms with Crippen molar-refractivity contribution in [3.05, 3.63) is 29.3 Å². The fraction of sp³-hybridized carbons (Fsp3) is 0.625.